The van der Waals surface area contributed by atoms with Gasteiger partial charge in [-0.15, -0.1) is 0 Å². The zero-order valence-corrected chi connectivity index (χ0v) is 16.5. The van der Waals surface area contributed by atoms with Crippen LogP contribution in [0.5, 0.6) is 0 Å². The lowest BCUT2D eigenvalue weighted by Gasteiger charge is -2.47. The molecule has 0 aromatic carbocycles. The van der Waals surface area contributed by atoms with Crippen molar-refractivity contribution in [2.75, 3.05) is 26.2 Å². The van der Waals surface area contributed by atoms with E-state index in [2.05, 4.69) is 9.97 Å². The summed E-state index contributed by atoms with van der Waals surface area (Å²) < 4.78 is 0. The number of H-pyrrole nitrogens is 1. The minimum Gasteiger partial charge on any atom is -0.365 e. The van der Waals surface area contributed by atoms with E-state index in [4.69, 9.17) is 0 Å². The number of aryl methyl sites for hydroxylation is 1. The highest BCUT2D eigenvalue weighted by Gasteiger charge is 2.41. The summed E-state index contributed by atoms with van der Waals surface area (Å²) in [5.41, 5.74) is 2.88. The first-order chi connectivity index (χ1) is 13.6. The van der Waals surface area contributed by atoms with Crippen molar-refractivity contribution in [2.24, 2.45) is 5.41 Å². The molecule has 2 aromatic heterocycles. The van der Waals surface area contributed by atoms with Gasteiger partial charge in [-0.25, -0.2) is 0 Å². The Labute approximate surface area is 165 Å². The highest BCUT2D eigenvalue weighted by atomic mass is 16.2. The van der Waals surface area contributed by atoms with Crippen LogP contribution in [0.25, 0.3) is 0 Å². The third-order valence-electron chi connectivity index (χ3n) is 6.41. The lowest BCUT2D eigenvalue weighted by Crippen LogP contribution is -2.52. The zero-order chi connectivity index (χ0) is 19.6. The molecule has 2 amide bonds. The number of aromatic amines is 1. The molecule has 0 atom stereocenters. The fourth-order valence-corrected chi connectivity index (χ4v) is 4.55. The van der Waals surface area contributed by atoms with Crippen LogP contribution in [0.1, 0.15) is 47.4 Å². The number of hydrogen-bond donors (Lipinski definition) is 1. The minimum atomic E-state index is 0.118. The van der Waals surface area contributed by atoms with Crippen molar-refractivity contribution in [2.45, 2.75) is 39.0 Å². The lowest BCUT2D eigenvalue weighted by atomic mass is 9.72. The molecule has 0 aliphatic carbocycles. The van der Waals surface area contributed by atoms with Crippen LogP contribution in [-0.2, 0) is 11.2 Å². The second-order valence-electron chi connectivity index (χ2n) is 8.19. The van der Waals surface area contributed by atoms with E-state index in [-0.39, 0.29) is 17.2 Å². The maximum atomic E-state index is 12.8. The molecule has 28 heavy (non-hydrogen) atoms. The summed E-state index contributed by atoms with van der Waals surface area (Å²) >= 11 is 0. The highest BCUT2D eigenvalue weighted by molar-refractivity contribution is 5.95. The van der Waals surface area contributed by atoms with Crippen molar-refractivity contribution in [1.82, 2.24) is 19.8 Å². The molecule has 148 valence electrons. The standard InChI is InChI=1S/C22H28N4O2/c1-17-19(6-12-23-17)21(28)25-14-9-22(10-15-25)8-5-20(27)26(16-22)13-7-18-4-2-3-11-24-18/h2-4,6,11-12,23H,5,7-10,13-16H2,1H3. The molecule has 0 bridgehead atoms. The zero-order valence-electron chi connectivity index (χ0n) is 16.5. The molecule has 6 heteroatoms. The van der Waals surface area contributed by atoms with Crippen LogP contribution in [0.2, 0.25) is 0 Å². The van der Waals surface area contributed by atoms with E-state index in [1.165, 1.54) is 0 Å². The Bertz CT molecular complexity index is 837. The van der Waals surface area contributed by atoms with Crippen LogP contribution >= 0.6 is 0 Å². The van der Waals surface area contributed by atoms with Crippen LogP contribution in [0.15, 0.2) is 36.7 Å². The number of aromatic nitrogens is 2. The molecule has 2 saturated heterocycles. The fourth-order valence-electron chi connectivity index (χ4n) is 4.55. The monoisotopic (exact) mass is 380 g/mol. The first-order valence-corrected chi connectivity index (χ1v) is 10.2. The largest absolute Gasteiger partial charge is 0.365 e. The number of hydrogen-bond acceptors (Lipinski definition) is 3. The number of carbonyl (C=O) groups is 2. The van der Waals surface area contributed by atoms with Gasteiger partial charge in [0.1, 0.15) is 0 Å². The van der Waals surface area contributed by atoms with Gasteiger partial charge in [0.25, 0.3) is 5.91 Å². The topological polar surface area (TPSA) is 69.3 Å². The van der Waals surface area contributed by atoms with Gasteiger partial charge >= 0.3 is 0 Å². The molecule has 0 radical (unpaired) electrons. The van der Waals surface area contributed by atoms with Gasteiger partial charge in [-0.2, -0.15) is 0 Å². The van der Waals surface area contributed by atoms with Gasteiger partial charge in [0, 0.05) is 62.8 Å². The summed E-state index contributed by atoms with van der Waals surface area (Å²) in [5.74, 6) is 0.371. The summed E-state index contributed by atoms with van der Waals surface area (Å²) in [6.07, 6.45) is 7.91. The van der Waals surface area contributed by atoms with Crippen LogP contribution in [-0.4, -0.2) is 57.8 Å². The van der Waals surface area contributed by atoms with Crippen LogP contribution in [0.4, 0.5) is 0 Å². The summed E-state index contributed by atoms with van der Waals surface area (Å²) in [6, 6.07) is 7.77. The van der Waals surface area contributed by atoms with E-state index >= 15 is 0 Å². The molecule has 6 nitrogen and oxygen atoms in total. The third-order valence-corrected chi connectivity index (χ3v) is 6.41. The Balaban J connectivity index is 1.36. The van der Waals surface area contributed by atoms with Crippen molar-refractivity contribution >= 4 is 11.8 Å². The Kier molecular flexibility index (Phi) is 5.20. The van der Waals surface area contributed by atoms with E-state index in [1.54, 1.807) is 6.20 Å². The van der Waals surface area contributed by atoms with E-state index in [1.807, 2.05) is 47.2 Å². The highest BCUT2D eigenvalue weighted by Crippen LogP contribution is 2.40. The molecular formula is C22H28N4O2. The Hall–Kier alpha value is -2.63. The van der Waals surface area contributed by atoms with Gasteiger partial charge in [-0.05, 0) is 49.8 Å². The molecule has 2 fully saturated rings. The van der Waals surface area contributed by atoms with Gasteiger partial charge in [0.15, 0.2) is 0 Å². The van der Waals surface area contributed by atoms with Gasteiger partial charge in [0.05, 0.1) is 5.56 Å². The smallest absolute Gasteiger partial charge is 0.255 e. The molecule has 0 saturated carbocycles. The molecule has 2 aliphatic heterocycles. The molecule has 2 aliphatic rings. The molecule has 1 N–H and O–H groups in total. The van der Waals surface area contributed by atoms with Crippen molar-refractivity contribution in [3.63, 3.8) is 0 Å². The van der Waals surface area contributed by atoms with Gasteiger partial charge in [-0.1, -0.05) is 6.07 Å². The molecular weight excluding hydrogens is 352 g/mol. The number of piperidine rings is 2. The summed E-state index contributed by atoms with van der Waals surface area (Å²) in [6.45, 7) is 5.01. The minimum absolute atomic E-state index is 0.118. The predicted octanol–water partition coefficient (Wildman–Crippen LogP) is 2.81. The molecule has 2 aromatic rings. The summed E-state index contributed by atoms with van der Waals surface area (Å²) in [4.78, 5) is 36.7. The summed E-state index contributed by atoms with van der Waals surface area (Å²) in [5, 5.41) is 0. The number of likely N-dealkylation sites (tertiary alicyclic amines) is 2. The van der Waals surface area contributed by atoms with Crippen molar-refractivity contribution in [3.8, 4) is 0 Å². The Morgan fingerprint density at radius 3 is 2.71 bits per heavy atom. The maximum absolute atomic E-state index is 12.8. The predicted molar refractivity (Wildman–Crippen MR) is 107 cm³/mol. The first kappa shape index (κ1) is 18.7. The average molecular weight is 380 g/mol. The van der Waals surface area contributed by atoms with Crippen LogP contribution < -0.4 is 0 Å². The second-order valence-corrected chi connectivity index (χ2v) is 8.19. The molecule has 0 unspecified atom stereocenters. The van der Waals surface area contributed by atoms with Crippen LogP contribution in [0.3, 0.4) is 0 Å². The number of nitrogens with one attached hydrogen (secondary N) is 1. The van der Waals surface area contributed by atoms with E-state index < -0.39 is 0 Å². The quantitative estimate of drug-likeness (QED) is 0.887. The van der Waals surface area contributed by atoms with Gasteiger partial charge < -0.3 is 14.8 Å². The maximum Gasteiger partial charge on any atom is 0.255 e. The SMILES string of the molecule is Cc1[nH]ccc1C(=O)N1CCC2(CCC(=O)N(CCc3ccccn3)C2)CC1. The average Bonchev–Trinajstić information content (AvgIpc) is 3.16. The number of carbonyl (C=O) groups excluding carboxylic acids is 2. The molecule has 4 rings (SSSR count). The van der Waals surface area contributed by atoms with Gasteiger partial charge in [-0.3, -0.25) is 14.6 Å². The Morgan fingerprint density at radius 2 is 2.04 bits per heavy atom. The van der Waals surface area contributed by atoms with Crippen LogP contribution in [0, 0.1) is 12.3 Å². The first-order valence-electron chi connectivity index (χ1n) is 10.2. The van der Waals surface area contributed by atoms with Gasteiger partial charge in [0.2, 0.25) is 5.91 Å². The number of amides is 2. The van der Waals surface area contributed by atoms with Crippen molar-refractivity contribution in [3.05, 3.63) is 53.6 Å². The second kappa shape index (κ2) is 7.78. The lowest BCUT2D eigenvalue weighted by molar-refractivity contribution is -0.138. The molecule has 4 heterocycles. The van der Waals surface area contributed by atoms with E-state index in [0.717, 1.165) is 68.8 Å². The van der Waals surface area contributed by atoms with Crippen molar-refractivity contribution in [1.29, 1.82) is 0 Å². The number of nitrogens with zero attached hydrogens (tertiary/aromatic N) is 3. The normalized spacial score (nSPS) is 19.2. The fraction of sp³-hybridized carbons (Fsp3) is 0.500. The van der Waals surface area contributed by atoms with Crippen molar-refractivity contribution < 1.29 is 9.59 Å². The number of rotatable bonds is 4. The van der Waals surface area contributed by atoms with E-state index in [0.29, 0.717) is 6.42 Å². The Morgan fingerprint density at radius 1 is 1.21 bits per heavy atom. The number of pyridine rings is 1. The van der Waals surface area contributed by atoms with E-state index in [9.17, 15) is 9.59 Å². The summed E-state index contributed by atoms with van der Waals surface area (Å²) in [7, 11) is 0. The molecule has 1 spiro atoms. The third kappa shape index (κ3) is 3.81.